The third kappa shape index (κ3) is 1.99. The Bertz CT molecular complexity index is 795. The van der Waals surface area contributed by atoms with Crippen LogP contribution in [0.25, 0.3) is 10.9 Å². The van der Waals surface area contributed by atoms with E-state index < -0.39 is 0 Å². The van der Waals surface area contributed by atoms with Crippen molar-refractivity contribution in [2.45, 2.75) is 38.8 Å². The van der Waals surface area contributed by atoms with Crippen molar-refractivity contribution in [3.8, 4) is 0 Å². The molecule has 0 aliphatic carbocycles. The number of H-pyrrole nitrogens is 1. The highest BCUT2D eigenvalue weighted by atomic mass is 16.2. The van der Waals surface area contributed by atoms with Crippen molar-refractivity contribution in [1.29, 1.82) is 0 Å². The Labute approximate surface area is 135 Å². The molecule has 1 unspecified atom stereocenters. The molecule has 5 nitrogen and oxygen atoms in total. The van der Waals surface area contributed by atoms with Gasteiger partial charge in [0.2, 0.25) is 11.8 Å². The first-order valence-electron chi connectivity index (χ1n) is 8.31. The predicted octanol–water partition coefficient (Wildman–Crippen LogP) is 2.23. The Balaban J connectivity index is 1.80. The van der Waals surface area contributed by atoms with E-state index in [0.29, 0.717) is 13.0 Å². The van der Waals surface area contributed by atoms with Gasteiger partial charge in [0.1, 0.15) is 6.04 Å². The van der Waals surface area contributed by atoms with Crippen molar-refractivity contribution in [3.05, 3.63) is 35.5 Å². The Kier molecular flexibility index (Phi) is 3.18. The zero-order valence-electron chi connectivity index (χ0n) is 13.5. The molecule has 120 valence electrons. The number of fused-ring (bicyclic) bond motifs is 4. The second-order valence-electron chi connectivity index (χ2n) is 6.52. The maximum absolute atomic E-state index is 12.8. The fourth-order valence-electron chi connectivity index (χ4n) is 4.09. The van der Waals surface area contributed by atoms with Crippen molar-refractivity contribution in [2.24, 2.45) is 0 Å². The summed E-state index contributed by atoms with van der Waals surface area (Å²) < 4.78 is 0. The number of rotatable bonds is 2. The van der Waals surface area contributed by atoms with Gasteiger partial charge in [-0.05, 0) is 25.0 Å². The minimum Gasteiger partial charge on any atom is -0.356 e. The highest BCUT2D eigenvalue weighted by Crippen LogP contribution is 2.38. The van der Waals surface area contributed by atoms with E-state index in [1.54, 1.807) is 9.80 Å². The molecular formula is C18H21N3O2. The Morgan fingerprint density at radius 3 is 2.83 bits per heavy atom. The molecule has 1 aromatic heterocycles. The number of piperazine rings is 1. The van der Waals surface area contributed by atoms with Gasteiger partial charge in [0.05, 0.1) is 12.6 Å². The summed E-state index contributed by atoms with van der Waals surface area (Å²) in [4.78, 5) is 32.4. The lowest BCUT2D eigenvalue weighted by molar-refractivity contribution is -0.159. The number of aromatic amines is 1. The average Bonchev–Trinajstić information content (AvgIpc) is 2.92. The molecule has 4 rings (SSSR count). The lowest BCUT2D eigenvalue weighted by Gasteiger charge is -2.45. The first kappa shape index (κ1) is 14.3. The molecule has 2 amide bonds. The van der Waals surface area contributed by atoms with Crippen LogP contribution in [0, 0.1) is 0 Å². The molecule has 1 aromatic carbocycles. The van der Waals surface area contributed by atoms with Gasteiger partial charge in [-0.25, -0.2) is 0 Å². The highest BCUT2D eigenvalue weighted by Gasteiger charge is 2.45. The van der Waals surface area contributed by atoms with Crippen molar-refractivity contribution < 1.29 is 9.59 Å². The fourth-order valence-corrected chi connectivity index (χ4v) is 4.09. The van der Waals surface area contributed by atoms with E-state index in [1.807, 2.05) is 32.0 Å². The van der Waals surface area contributed by atoms with E-state index in [4.69, 9.17) is 0 Å². The molecule has 3 heterocycles. The molecule has 2 aliphatic rings. The number of carbonyl (C=O) groups excluding carboxylic acids is 2. The smallest absolute Gasteiger partial charge is 0.246 e. The molecule has 23 heavy (non-hydrogen) atoms. The van der Waals surface area contributed by atoms with Crippen LogP contribution in [-0.2, 0) is 16.0 Å². The Hall–Kier alpha value is -2.30. The van der Waals surface area contributed by atoms with Gasteiger partial charge >= 0.3 is 0 Å². The topological polar surface area (TPSA) is 56.4 Å². The Morgan fingerprint density at radius 1 is 1.26 bits per heavy atom. The summed E-state index contributed by atoms with van der Waals surface area (Å²) in [6.45, 7) is 4.92. The summed E-state index contributed by atoms with van der Waals surface area (Å²) in [7, 11) is 0. The molecule has 1 fully saturated rings. The second kappa shape index (κ2) is 5.11. The van der Waals surface area contributed by atoms with Gasteiger partial charge < -0.3 is 14.8 Å². The van der Waals surface area contributed by atoms with Crippen molar-refractivity contribution in [2.75, 3.05) is 13.1 Å². The standard InChI is InChI=1S/C18H21N3O2/c1-3-8-20-10-16(22)21-11(2)17-13(9-15(21)18(20)23)12-6-4-5-7-14(12)19-17/h4-7,11,15,19H,3,8-10H2,1-2H3/t11?,15-/m1/s1. The normalized spacial score (nSPS) is 24.1. The summed E-state index contributed by atoms with van der Waals surface area (Å²) >= 11 is 0. The molecule has 2 aromatic rings. The first-order valence-corrected chi connectivity index (χ1v) is 8.31. The van der Waals surface area contributed by atoms with Crippen molar-refractivity contribution in [1.82, 2.24) is 14.8 Å². The molecule has 0 bridgehead atoms. The number of aromatic nitrogens is 1. The molecule has 0 radical (unpaired) electrons. The van der Waals surface area contributed by atoms with E-state index in [9.17, 15) is 9.59 Å². The maximum atomic E-state index is 12.8. The molecule has 0 spiro atoms. The van der Waals surface area contributed by atoms with Gasteiger partial charge in [-0.15, -0.1) is 0 Å². The highest BCUT2D eigenvalue weighted by molar-refractivity contribution is 5.97. The monoisotopic (exact) mass is 311 g/mol. The molecular weight excluding hydrogens is 290 g/mol. The number of nitrogens with zero attached hydrogens (tertiary/aromatic N) is 2. The maximum Gasteiger partial charge on any atom is 0.246 e. The number of benzene rings is 1. The second-order valence-corrected chi connectivity index (χ2v) is 6.52. The summed E-state index contributed by atoms with van der Waals surface area (Å²) in [5.41, 5.74) is 3.34. The van der Waals surface area contributed by atoms with E-state index >= 15 is 0 Å². The SMILES string of the molecule is CCCN1CC(=O)N2C(C)c3[nH]c4ccccc4c3C[C@@H]2C1=O. The molecule has 1 N–H and O–H groups in total. The van der Waals surface area contributed by atoms with Crippen LogP contribution in [0.5, 0.6) is 0 Å². The quantitative estimate of drug-likeness (QED) is 0.924. The zero-order chi connectivity index (χ0) is 16.1. The molecule has 2 aliphatic heterocycles. The van der Waals surface area contributed by atoms with Gasteiger partial charge in [0, 0.05) is 29.6 Å². The van der Waals surface area contributed by atoms with Gasteiger partial charge in [0.15, 0.2) is 0 Å². The third-order valence-electron chi connectivity index (χ3n) is 5.12. The summed E-state index contributed by atoms with van der Waals surface area (Å²) in [5, 5.41) is 1.17. The van der Waals surface area contributed by atoms with Crippen LogP contribution in [0.15, 0.2) is 24.3 Å². The van der Waals surface area contributed by atoms with E-state index in [1.165, 1.54) is 10.9 Å². The van der Waals surface area contributed by atoms with Gasteiger partial charge in [-0.1, -0.05) is 25.1 Å². The zero-order valence-corrected chi connectivity index (χ0v) is 13.5. The van der Waals surface area contributed by atoms with E-state index in [2.05, 4.69) is 11.1 Å². The fraction of sp³-hybridized carbons (Fsp3) is 0.444. The lowest BCUT2D eigenvalue weighted by Crippen LogP contribution is -2.62. The number of para-hydroxylation sites is 1. The number of hydrogen-bond donors (Lipinski definition) is 1. The third-order valence-corrected chi connectivity index (χ3v) is 5.12. The lowest BCUT2D eigenvalue weighted by atomic mass is 9.90. The van der Waals surface area contributed by atoms with Crippen LogP contribution in [0.4, 0.5) is 0 Å². The molecule has 5 heteroatoms. The number of hydrogen-bond acceptors (Lipinski definition) is 2. The molecule has 1 saturated heterocycles. The van der Waals surface area contributed by atoms with Crippen LogP contribution >= 0.6 is 0 Å². The summed E-state index contributed by atoms with van der Waals surface area (Å²) in [6, 6.07) is 7.71. The van der Waals surface area contributed by atoms with Crippen molar-refractivity contribution >= 4 is 22.7 Å². The minimum atomic E-state index is -0.357. The number of nitrogens with one attached hydrogen (secondary N) is 1. The van der Waals surface area contributed by atoms with Crippen molar-refractivity contribution in [3.63, 3.8) is 0 Å². The minimum absolute atomic E-state index is 0.0554. The Morgan fingerprint density at radius 2 is 2.04 bits per heavy atom. The first-order chi connectivity index (χ1) is 11.1. The van der Waals surface area contributed by atoms with Gasteiger partial charge in [-0.3, -0.25) is 9.59 Å². The predicted molar refractivity (Wildman–Crippen MR) is 87.9 cm³/mol. The number of carbonyl (C=O) groups is 2. The van der Waals surface area contributed by atoms with Crippen LogP contribution in [-0.4, -0.2) is 45.7 Å². The summed E-state index contributed by atoms with van der Waals surface area (Å²) in [5.74, 6) is 0.147. The molecule has 2 atom stereocenters. The largest absolute Gasteiger partial charge is 0.356 e. The van der Waals surface area contributed by atoms with Gasteiger partial charge in [-0.2, -0.15) is 0 Å². The number of amides is 2. The van der Waals surface area contributed by atoms with Gasteiger partial charge in [0.25, 0.3) is 0 Å². The summed E-state index contributed by atoms with van der Waals surface area (Å²) in [6.07, 6.45) is 1.48. The molecule has 0 saturated carbocycles. The van der Waals surface area contributed by atoms with E-state index in [0.717, 1.165) is 17.6 Å². The van der Waals surface area contributed by atoms with Crippen LogP contribution in [0.2, 0.25) is 0 Å². The average molecular weight is 311 g/mol. The van der Waals surface area contributed by atoms with E-state index in [-0.39, 0.29) is 30.4 Å². The van der Waals surface area contributed by atoms with Crippen LogP contribution in [0.3, 0.4) is 0 Å². The van der Waals surface area contributed by atoms with Crippen LogP contribution < -0.4 is 0 Å². The van der Waals surface area contributed by atoms with Crippen LogP contribution in [0.1, 0.15) is 37.6 Å².